The molecule has 0 unspecified atom stereocenters. The zero-order valence-electron chi connectivity index (χ0n) is 17.3. The molecule has 6 nitrogen and oxygen atoms in total. The molecule has 0 saturated heterocycles. The smallest absolute Gasteiger partial charge is 0.243 e. The Morgan fingerprint density at radius 3 is 2.22 bits per heavy atom. The third kappa shape index (κ3) is 14.3. The van der Waals surface area contributed by atoms with Crippen LogP contribution in [0.3, 0.4) is 0 Å². The molecule has 0 spiro atoms. The molecule has 0 aromatic carbocycles. The van der Waals surface area contributed by atoms with E-state index in [-0.39, 0.29) is 24.0 Å². The maximum Gasteiger partial charge on any atom is 0.243 e. The highest BCUT2D eigenvalue weighted by Crippen LogP contribution is 2.15. The van der Waals surface area contributed by atoms with E-state index in [4.69, 9.17) is 0 Å². The first-order chi connectivity index (χ1) is 12.8. The molecule has 0 saturated carbocycles. The molecule has 0 aromatic heterocycles. The Kier molecular flexibility index (Phi) is 16.4. The molecule has 0 aliphatic heterocycles. The molecule has 0 aliphatic rings. The highest BCUT2D eigenvalue weighted by molar-refractivity contribution is 14.2. The van der Waals surface area contributed by atoms with Crippen LogP contribution in [0.1, 0.15) is 58.3 Å². The van der Waals surface area contributed by atoms with E-state index in [0.29, 0.717) is 13.0 Å². The van der Waals surface area contributed by atoms with Gasteiger partial charge in [0, 0.05) is 32.2 Å². The highest BCUT2D eigenvalue weighted by Gasteiger charge is 2.27. The number of hydrogen-bond acceptors (Lipinski definition) is 5. The lowest BCUT2D eigenvalue weighted by molar-refractivity contribution is -0.140. The molecule has 0 aliphatic carbocycles. The lowest BCUT2D eigenvalue weighted by Crippen LogP contribution is -2.48. The first-order valence-electron chi connectivity index (χ1n) is 9.70. The number of nitrogens with one attached hydrogen (secondary N) is 1. The van der Waals surface area contributed by atoms with Crippen LogP contribution in [-0.4, -0.2) is 73.4 Å². The van der Waals surface area contributed by atoms with Crippen LogP contribution in [0, 0.1) is 0 Å². The van der Waals surface area contributed by atoms with Gasteiger partial charge in [0.1, 0.15) is 11.8 Å². The molecule has 8 heteroatoms. The summed E-state index contributed by atoms with van der Waals surface area (Å²) >= 11 is 2.31. The molecule has 0 radical (unpaired) electrons. The summed E-state index contributed by atoms with van der Waals surface area (Å²) in [6, 6.07) is -0.713. The summed E-state index contributed by atoms with van der Waals surface area (Å²) in [4.78, 5) is 40.0. The largest absolute Gasteiger partial charge is 0.354 e. The van der Waals surface area contributed by atoms with Crippen molar-refractivity contribution in [3.05, 3.63) is 0 Å². The summed E-state index contributed by atoms with van der Waals surface area (Å²) in [7, 11) is 7.43. The molecular formula is C19H36IN3O3S. The Bertz CT molecular complexity index is 450. The number of carbonyl (C=O) groups excluding carboxylic acids is 3. The lowest BCUT2D eigenvalue weighted by Gasteiger charge is -2.27. The number of rotatable bonds is 16. The number of Topliss-reactive ketones (excluding diaryl/α,β-unsaturated/α-hetero) is 1. The van der Waals surface area contributed by atoms with E-state index >= 15 is 0 Å². The average Bonchev–Trinajstić information content (AvgIpc) is 2.61. The molecule has 158 valence electrons. The van der Waals surface area contributed by atoms with Crippen molar-refractivity contribution in [1.29, 1.82) is 0 Å². The molecule has 0 heterocycles. The summed E-state index contributed by atoms with van der Waals surface area (Å²) in [5.41, 5.74) is 0. The standard InChI is InChI=1S/C19H36IN3O3S/c1-16(24)15-17(19(26)21-12-10-13-22(2)3)23(4)18(25)11-8-6-5-7-9-14-27-20/h17H,5-15H2,1-4H3,(H,21,26)/t17-/m0/s1. The predicted octanol–water partition coefficient (Wildman–Crippen LogP) is 3.28. The second kappa shape index (κ2) is 16.6. The Labute approximate surface area is 181 Å². The zero-order valence-corrected chi connectivity index (χ0v) is 20.2. The van der Waals surface area contributed by atoms with E-state index in [9.17, 15) is 14.4 Å². The molecule has 0 aromatic rings. The summed E-state index contributed by atoms with van der Waals surface area (Å²) < 4.78 is 0. The fraction of sp³-hybridized carbons (Fsp3) is 0.842. The van der Waals surface area contributed by atoms with Gasteiger partial charge in [0.05, 0.1) is 0 Å². The first kappa shape index (κ1) is 26.6. The van der Waals surface area contributed by atoms with Crippen molar-refractivity contribution in [2.24, 2.45) is 0 Å². The zero-order chi connectivity index (χ0) is 20.7. The van der Waals surface area contributed by atoms with Gasteiger partial charge in [0.2, 0.25) is 11.8 Å². The molecule has 0 fully saturated rings. The SMILES string of the molecule is CC(=O)C[C@@H](C(=O)NCCCN(C)C)N(C)C(=O)CCCCCCCSI. The van der Waals surface area contributed by atoms with E-state index in [1.807, 2.05) is 23.0 Å². The van der Waals surface area contributed by atoms with E-state index in [1.165, 1.54) is 30.4 Å². The summed E-state index contributed by atoms with van der Waals surface area (Å²) in [5.74, 6) is 0.790. The normalized spacial score (nSPS) is 12.1. The number of likely N-dealkylation sites (N-methyl/N-ethyl adjacent to an activating group) is 1. The Balaban J connectivity index is 4.36. The third-order valence-electron chi connectivity index (χ3n) is 4.34. The maximum absolute atomic E-state index is 12.5. The van der Waals surface area contributed by atoms with Crippen molar-refractivity contribution in [2.75, 3.05) is 40.0 Å². The molecular weight excluding hydrogens is 477 g/mol. The molecule has 27 heavy (non-hydrogen) atoms. The van der Waals surface area contributed by atoms with E-state index < -0.39 is 6.04 Å². The second-order valence-corrected chi connectivity index (χ2v) is 9.70. The molecule has 0 bridgehead atoms. The van der Waals surface area contributed by atoms with Crippen LogP contribution < -0.4 is 5.32 Å². The maximum atomic E-state index is 12.5. The fourth-order valence-corrected chi connectivity index (χ4v) is 3.96. The Hall–Kier alpha value is -0.350. The molecule has 1 atom stereocenters. The number of nitrogens with zero attached hydrogens (tertiary/aromatic N) is 2. The quantitative estimate of drug-likeness (QED) is 0.254. The number of unbranched alkanes of at least 4 members (excludes halogenated alkanes) is 4. The summed E-state index contributed by atoms with van der Waals surface area (Å²) in [6.45, 7) is 2.88. The predicted molar refractivity (Wildman–Crippen MR) is 122 cm³/mol. The van der Waals surface area contributed by atoms with Crippen LogP contribution in [0.15, 0.2) is 0 Å². The van der Waals surface area contributed by atoms with Gasteiger partial charge in [-0.2, -0.15) is 0 Å². The number of halogens is 1. The second-order valence-electron chi connectivity index (χ2n) is 7.21. The minimum absolute atomic E-state index is 0.0625. The van der Waals surface area contributed by atoms with Crippen molar-refractivity contribution in [3.8, 4) is 0 Å². The van der Waals surface area contributed by atoms with Crippen LogP contribution in [-0.2, 0) is 14.4 Å². The van der Waals surface area contributed by atoms with Gasteiger partial charge < -0.3 is 15.1 Å². The van der Waals surface area contributed by atoms with Gasteiger partial charge in [-0.25, -0.2) is 0 Å². The Morgan fingerprint density at radius 1 is 1.00 bits per heavy atom. The number of amides is 2. The summed E-state index contributed by atoms with van der Waals surface area (Å²) in [6.07, 6.45) is 6.74. The monoisotopic (exact) mass is 513 g/mol. The van der Waals surface area contributed by atoms with Gasteiger partial charge in [-0.1, -0.05) is 28.2 Å². The van der Waals surface area contributed by atoms with Gasteiger partial charge in [-0.15, -0.1) is 0 Å². The third-order valence-corrected chi connectivity index (χ3v) is 6.10. The lowest BCUT2D eigenvalue weighted by atomic mass is 10.1. The van der Waals surface area contributed by atoms with E-state index in [2.05, 4.69) is 31.4 Å². The van der Waals surface area contributed by atoms with Gasteiger partial charge >= 0.3 is 0 Å². The van der Waals surface area contributed by atoms with Crippen LogP contribution in [0.5, 0.6) is 0 Å². The van der Waals surface area contributed by atoms with Crippen molar-refractivity contribution in [3.63, 3.8) is 0 Å². The Morgan fingerprint density at radius 2 is 1.63 bits per heavy atom. The number of ketones is 1. The average molecular weight is 513 g/mol. The minimum atomic E-state index is -0.713. The van der Waals surface area contributed by atoms with E-state index in [0.717, 1.165) is 32.2 Å². The van der Waals surface area contributed by atoms with Gasteiger partial charge in [-0.05, 0) is 68.0 Å². The van der Waals surface area contributed by atoms with Crippen LogP contribution in [0.25, 0.3) is 0 Å². The minimum Gasteiger partial charge on any atom is -0.354 e. The van der Waals surface area contributed by atoms with Gasteiger partial charge in [0.25, 0.3) is 0 Å². The van der Waals surface area contributed by atoms with Crippen molar-refractivity contribution >= 4 is 47.7 Å². The fourth-order valence-electron chi connectivity index (χ4n) is 2.72. The van der Waals surface area contributed by atoms with Crippen LogP contribution in [0.2, 0.25) is 0 Å². The number of carbonyl (C=O) groups is 3. The van der Waals surface area contributed by atoms with Crippen LogP contribution >= 0.6 is 30.1 Å². The molecule has 1 N–H and O–H groups in total. The van der Waals surface area contributed by atoms with Crippen molar-refractivity contribution < 1.29 is 14.4 Å². The number of hydrogen-bond donors (Lipinski definition) is 1. The van der Waals surface area contributed by atoms with Crippen molar-refractivity contribution in [2.45, 2.75) is 64.3 Å². The van der Waals surface area contributed by atoms with Gasteiger partial charge in [0.15, 0.2) is 0 Å². The summed E-state index contributed by atoms with van der Waals surface area (Å²) in [5, 5.41) is 2.86. The van der Waals surface area contributed by atoms with Crippen LogP contribution in [0.4, 0.5) is 0 Å². The molecule has 2 amide bonds. The van der Waals surface area contributed by atoms with E-state index in [1.54, 1.807) is 7.05 Å². The topological polar surface area (TPSA) is 69.7 Å². The highest BCUT2D eigenvalue weighted by atomic mass is 127. The van der Waals surface area contributed by atoms with Gasteiger partial charge in [-0.3, -0.25) is 14.4 Å². The first-order valence-corrected chi connectivity index (χ1v) is 13.2. The van der Waals surface area contributed by atoms with Crippen molar-refractivity contribution in [1.82, 2.24) is 15.1 Å². The molecule has 0 rings (SSSR count).